The molecule has 1 rings (SSSR count). The highest BCUT2D eigenvalue weighted by atomic mass is 15.1. The fourth-order valence-corrected chi connectivity index (χ4v) is 1.88. The van der Waals surface area contributed by atoms with E-state index < -0.39 is 0 Å². The van der Waals surface area contributed by atoms with Gasteiger partial charge in [-0.15, -0.1) is 0 Å². The highest BCUT2D eigenvalue weighted by Gasteiger charge is 2.12. The van der Waals surface area contributed by atoms with Crippen molar-refractivity contribution < 1.29 is 0 Å². The number of nitrogens with zero attached hydrogens (tertiary/aromatic N) is 2. The Bertz CT molecular complexity index is 373. The van der Waals surface area contributed by atoms with Crippen LogP contribution in [0.15, 0.2) is 35.3 Å². The van der Waals surface area contributed by atoms with Crippen molar-refractivity contribution in [3.63, 3.8) is 0 Å². The van der Waals surface area contributed by atoms with Crippen molar-refractivity contribution in [2.75, 3.05) is 27.2 Å². The topological polar surface area (TPSA) is 53.6 Å². The summed E-state index contributed by atoms with van der Waals surface area (Å²) < 4.78 is 0. The van der Waals surface area contributed by atoms with Gasteiger partial charge in [0.1, 0.15) is 0 Å². The first-order valence-electron chi connectivity index (χ1n) is 6.90. The molecule has 4 heteroatoms. The number of hydrogen-bond acceptors (Lipinski definition) is 2. The van der Waals surface area contributed by atoms with Crippen LogP contribution in [0.25, 0.3) is 0 Å². The van der Waals surface area contributed by atoms with Crippen molar-refractivity contribution in [2.24, 2.45) is 10.7 Å². The standard InChI is InChI=1S/C15H26N4/c1-4-5-11-17-15(16)18-12-14(19(2)3)13-9-7-6-8-10-13/h6-10,14H,4-5,11-12H2,1-3H3,(H3,16,17,18). The van der Waals surface area contributed by atoms with Gasteiger partial charge < -0.3 is 16.0 Å². The Kier molecular flexibility index (Phi) is 6.97. The van der Waals surface area contributed by atoms with Crippen molar-refractivity contribution in [2.45, 2.75) is 25.8 Å². The molecule has 106 valence electrons. The maximum absolute atomic E-state index is 5.86. The number of hydrogen-bond donors (Lipinski definition) is 2. The first kappa shape index (κ1) is 15.5. The largest absolute Gasteiger partial charge is 0.370 e. The summed E-state index contributed by atoms with van der Waals surface area (Å²) in [6, 6.07) is 10.6. The lowest BCUT2D eigenvalue weighted by Crippen LogP contribution is -2.33. The molecule has 1 aromatic rings. The fraction of sp³-hybridized carbons (Fsp3) is 0.533. The molecule has 0 aliphatic carbocycles. The van der Waals surface area contributed by atoms with Crippen LogP contribution in [0.2, 0.25) is 0 Å². The zero-order chi connectivity index (χ0) is 14.1. The zero-order valence-corrected chi connectivity index (χ0v) is 12.3. The van der Waals surface area contributed by atoms with Gasteiger partial charge in [0, 0.05) is 6.54 Å². The molecule has 0 aliphatic heterocycles. The van der Waals surface area contributed by atoms with Gasteiger partial charge in [-0.1, -0.05) is 43.7 Å². The number of unbranched alkanes of at least 4 members (excludes halogenated alkanes) is 1. The summed E-state index contributed by atoms with van der Waals surface area (Å²) in [5.41, 5.74) is 7.12. The molecule has 4 nitrogen and oxygen atoms in total. The molecule has 0 amide bonds. The Hall–Kier alpha value is -1.55. The van der Waals surface area contributed by atoms with E-state index in [9.17, 15) is 0 Å². The summed E-state index contributed by atoms with van der Waals surface area (Å²) in [5, 5.41) is 3.14. The summed E-state index contributed by atoms with van der Waals surface area (Å²) in [6.45, 7) is 3.72. The van der Waals surface area contributed by atoms with Crippen LogP contribution in [-0.4, -0.2) is 38.0 Å². The van der Waals surface area contributed by atoms with Crippen LogP contribution in [0.5, 0.6) is 0 Å². The Balaban J connectivity index is 2.57. The quantitative estimate of drug-likeness (QED) is 0.449. The van der Waals surface area contributed by atoms with Crippen molar-refractivity contribution in [3.8, 4) is 0 Å². The summed E-state index contributed by atoms with van der Waals surface area (Å²) >= 11 is 0. The molecule has 0 saturated heterocycles. The first-order valence-corrected chi connectivity index (χ1v) is 6.90. The highest BCUT2D eigenvalue weighted by molar-refractivity contribution is 5.77. The molecular formula is C15H26N4. The molecule has 0 heterocycles. The SMILES string of the molecule is CCCCNC(N)=NCC(c1ccccc1)N(C)C. The summed E-state index contributed by atoms with van der Waals surface area (Å²) in [5.74, 6) is 0.538. The van der Waals surface area contributed by atoms with Gasteiger partial charge in [-0.25, -0.2) is 0 Å². The van der Waals surface area contributed by atoms with E-state index in [2.05, 4.69) is 60.5 Å². The zero-order valence-electron chi connectivity index (χ0n) is 12.3. The molecule has 0 fully saturated rings. The van der Waals surface area contributed by atoms with E-state index in [1.165, 1.54) is 5.56 Å². The van der Waals surface area contributed by atoms with Crippen molar-refractivity contribution in [1.29, 1.82) is 0 Å². The minimum absolute atomic E-state index is 0.257. The second-order valence-corrected chi connectivity index (χ2v) is 4.90. The van der Waals surface area contributed by atoms with E-state index in [-0.39, 0.29) is 6.04 Å². The second-order valence-electron chi connectivity index (χ2n) is 4.90. The summed E-state index contributed by atoms with van der Waals surface area (Å²) in [6.07, 6.45) is 2.27. The molecule has 1 unspecified atom stereocenters. The van der Waals surface area contributed by atoms with E-state index in [0.29, 0.717) is 12.5 Å². The average molecular weight is 262 g/mol. The fourth-order valence-electron chi connectivity index (χ4n) is 1.88. The third kappa shape index (κ3) is 5.75. The molecule has 19 heavy (non-hydrogen) atoms. The third-order valence-electron chi connectivity index (χ3n) is 3.08. The van der Waals surface area contributed by atoms with Crippen LogP contribution < -0.4 is 11.1 Å². The Morgan fingerprint density at radius 3 is 2.58 bits per heavy atom. The van der Waals surface area contributed by atoms with Crippen molar-refractivity contribution >= 4 is 5.96 Å². The molecule has 0 saturated carbocycles. The maximum Gasteiger partial charge on any atom is 0.188 e. The minimum Gasteiger partial charge on any atom is -0.370 e. The Labute approximate surface area is 116 Å². The molecule has 0 bridgehead atoms. The lowest BCUT2D eigenvalue weighted by molar-refractivity contribution is 0.306. The molecular weight excluding hydrogens is 236 g/mol. The molecule has 0 radical (unpaired) electrons. The smallest absolute Gasteiger partial charge is 0.188 e. The van der Waals surface area contributed by atoms with E-state index in [4.69, 9.17) is 5.73 Å². The molecule has 3 N–H and O–H groups in total. The molecule has 0 spiro atoms. The number of nitrogens with two attached hydrogens (primary N) is 1. The van der Waals surface area contributed by atoms with Gasteiger partial charge in [-0.3, -0.25) is 4.99 Å². The van der Waals surface area contributed by atoms with Gasteiger partial charge in [-0.05, 0) is 26.1 Å². The minimum atomic E-state index is 0.257. The molecule has 0 aromatic heterocycles. The van der Waals surface area contributed by atoms with Gasteiger partial charge in [0.25, 0.3) is 0 Å². The van der Waals surface area contributed by atoms with E-state index in [1.807, 2.05) is 6.07 Å². The monoisotopic (exact) mass is 262 g/mol. The average Bonchev–Trinajstić information content (AvgIpc) is 2.40. The van der Waals surface area contributed by atoms with Gasteiger partial charge in [-0.2, -0.15) is 0 Å². The highest BCUT2D eigenvalue weighted by Crippen LogP contribution is 2.17. The predicted molar refractivity (Wildman–Crippen MR) is 82.3 cm³/mol. The van der Waals surface area contributed by atoms with Gasteiger partial charge in [0.2, 0.25) is 0 Å². The number of rotatable bonds is 7. The van der Waals surface area contributed by atoms with Crippen LogP contribution >= 0.6 is 0 Å². The molecule has 1 aromatic carbocycles. The number of likely N-dealkylation sites (N-methyl/N-ethyl adjacent to an activating group) is 1. The maximum atomic E-state index is 5.86. The molecule has 1 atom stereocenters. The number of nitrogens with one attached hydrogen (secondary N) is 1. The normalized spacial score (nSPS) is 13.6. The summed E-state index contributed by atoms with van der Waals surface area (Å²) in [4.78, 5) is 6.60. The predicted octanol–water partition coefficient (Wildman–Crippen LogP) is 1.99. The van der Waals surface area contributed by atoms with E-state index >= 15 is 0 Å². The van der Waals surface area contributed by atoms with Crippen molar-refractivity contribution in [1.82, 2.24) is 10.2 Å². The van der Waals surface area contributed by atoms with Crippen LogP contribution in [0, 0.1) is 0 Å². The Morgan fingerprint density at radius 1 is 1.32 bits per heavy atom. The van der Waals surface area contributed by atoms with E-state index in [0.717, 1.165) is 19.4 Å². The number of guanidine groups is 1. The number of benzene rings is 1. The second kappa shape index (κ2) is 8.53. The van der Waals surface area contributed by atoms with Crippen LogP contribution in [-0.2, 0) is 0 Å². The number of aliphatic imine (C=N–C) groups is 1. The Morgan fingerprint density at radius 2 is 2.00 bits per heavy atom. The van der Waals surface area contributed by atoms with Gasteiger partial charge in [0.05, 0.1) is 12.6 Å². The van der Waals surface area contributed by atoms with Gasteiger partial charge in [0.15, 0.2) is 5.96 Å². The van der Waals surface area contributed by atoms with Crippen LogP contribution in [0.4, 0.5) is 0 Å². The lowest BCUT2D eigenvalue weighted by atomic mass is 10.1. The first-order chi connectivity index (χ1) is 9.15. The van der Waals surface area contributed by atoms with Gasteiger partial charge >= 0.3 is 0 Å². The summed E-state index contributed by atoms with van der Waals surface area (Å²) in [7, 11) is 4.13. The molecule has 0 aliphatic rings. The lowest BCUT2D eigenvalue weighted by Gasteiger charge is -2.23. The van der Waals surface area contributed by atoms with Crippen LogP contribution in [0.3, 0.4) is 0 Å². The third-order valence-corrected chi connectivity index (χ3v) is 3.08. The van der Waals surface area contributed by atoms with E-state index in [1.54, 1.807) is 0 Å². The van der Waals surface area contributed by atoms with Crippen LogP contribution in [0.1, 0.15) is 31.4 Å². The van der Waals surface area contributed by atoms with Crippen molar-refractivity contribution in [3.05, 3.63) is 35.9 Å².